The topological polar surface area (TPSA) is 100 Å². The lowest BCUT2D eigenvalue weighted by Crippen LogP contribution is -2.52. The smallest absolute Gasteiger partial charge is 0.409 e. The monoisotopic (exact) mass is 432 g/mol. The van der Waals surface area contributed by atoms with Gasteiger partial charge in [0.2, 0.25) is 5.91 Å². The summed E-state index contributed by atoms with van der Waals surface area (Å²) in [7, 11) is 2.99. The Morgan fingerprint density at radius 2 is 1.55 bits per heavy atom. The van der Waals surface area contributed by atoms with Crippen molar-refractivity contribution in [3.8, 4) is 5.75 Å². The molecule has 2 aliphatic rings. The van der Waals surface area contributed by atoms with Crippen LogP contribution in [0.2, 0.25) is 0 Å². The number of carbonyl (C=O) groups is 3. The number of ether oxygens (including phenoxy) is 2. The zero-order valence-electron chi connectivity index (χ0n) is 18.3. The number of rotatable bonds is 5. The van der Waals surface area contributed by atoms with Crippen LogP contribution in [-0.4, -0.2) is 74.3 Å². The van der Waals surface area contributed by atoms with Crippen LogP contribution in [0.3, 0.4) is 0 Å². The second kappa shape index (κ2) is 10.9. The fourth-order valence-corrected chi connectivity index (χ4v) is 4.14. The maximum absolute atomic E-state index is 12.8. The lowest BCUT2D eigenvalue weighted by molar-refractivity contribution is -0.138. The number of nitrogens with zero attached hydrogens (tertiary/aromatic N) is 2. The summed E-state index contributed by atoms with van der Waals surface area (Å²) in [6.07, 6.45) is 2.76. The quantitative estimate of drug-likeness (QED) is 0.741. The van der Waals surface area contributed by atoms with Crippen LogP contribution >= 0.6 is 0 Å². The Bertz CT molecular complexity index is 754. The molecule has 4 amide bonds. The molecule has 3 rings (SSSR count). The largest absolute Gasteiger partial charge is 0.497 e. The average Bonchev–Trinajstić information content (AvgIpc) is 2.82. The fraction of sp³-hybridized carbons (Fsp3) is 0.591. The van der Waals surface area contributed by atoms with Crippen molar-refractivity contribution < 1.29 is 23.9 Å². The Labute approximate surface area is 183 Å². The molecule has 1 aromatic carbocycles. The van der Waals surface area contributed by atoms with E-state index >= 15 is 0 Å². The van der Waals surface area contributed by atoms with Gasteiger partial charge in [0.05, 0.1) is 14.2 Å². The Hall–Kier alpha value is -2.97. The van der Waals surface area contributed by atoms with Crippen molar-refractivity contribution >= 4 is 18.0 Å². The van der Waals surface area contributed by atoms with Crippen LogP contribution in [-0.2, 0) is 16.1 Å². The van der Waals surface area contributed by atoms with Crippen molar-refractivity contribution in [1.29, 1.82) is 0 Å². The third kappa shape index (κ3) is 6.26. The van der Waals surface area contributed by atoms with Crippen LogP contribution in [0.4, 0.5) is 9.59 Å². The van der Waals surface area contributed by atoms with Gasteiger partial charge in [-0.2, -0.15) is 0 Å². The summed E-state index contributed by atoms with van der Waals surface area (Å²) >= 11 is 0. The third-order valence-electron chi connectivity index (χ3n) is 6.05. The van der Waals surface area contributed by atoms with E-state index in [0.29, 0.717) is 32.7 Å². The predicted molar refractivity (Wildman–Crippen MR) is 115 cm³/mol. The Morgan fingerprint density at radius 1 is 0.935 bits per heavy atom. The zero-order valence-corrected chi connectivity index (χ0v) is 18.3. The van der Waals surface area contributed by atoms with Crippen molar-refractivity contribution in [3.63, 3.8) is 0 Å². The summed E-state index contributed by atoms with van der Waals surface area (Å²) in [6, 6.07) is 7.45. The molecule has 1 saturated carbocycles. The molecule has 1 heterocycles. The van der Waals surface area contributed by atoms with E-state index in [1.807, 2.05) is 29.2 Å². The van der Waals surface area contributed by atoms with Crippen molar-refractivity contribution in [2.45, 2.75) is 38.3 Å². The van der Waals surface area contributed by atoms with E-state index in [0.717, 1.165) is 37.0 Å². The minimum absolute atomic E-state index is 0.00918. The molecular formula is C22H32N4O5. The highest BCUT2D eigenvalue weighted by molar-refractivity contribution is 5.79. The van der Waals surface area contributed by atoms with E-state index in [1.54, 1.807) is 12.0 Å². The number of amides is 4. The minimum atomic E-state index is -0.344. The highest BCUT2D eigenvalue weighted by atomic mass is 16.5. The van der Waals surface area contributed by atoms with Crippen LogP contribution in [0.15, 0.2) is 24.3 Å². The van der Waals surface area contributed by atoms with Gasteiger partial charge >= 0.3 is 12.1 Å². The maximum atomic E-state index is 12.8. The Balaban J connectivity index is 1.35. The lowest BCUT2D eigenvalue weighted by atomic mass is 9.85. The summed E-state index contributed by atoms with van der Waals surface area (Å²) in [4.78, 5) is 40.1. The second-order valence-corrected chi connectivity index (χ2v) is 8.01. The Morgan fingerprint density at radius 3 is 2.13 bits per heavy atom. The van der Waals surface area contributed by atoms with E-state index in [9.17, 15) is 14.4 Å². The number of carbonyl (C=O) groups excluding carboxylic acids is 3. The molecule has 2 N–H and O–H groups in total. The van der Waals surface area contributed by atoms with Gasteiger partial charge in [-0.1, -0.05) is 12.1 Å². The molecule has 1 aliphatic heterocycles. The van der Waals surface area contributed by atoms with Crippen LogP contribution in [0.25, 0.3) is 0 Å². The first-order chi connectivity index (χ1) is 15.0. The molecule has 2 fully saturated rings. The van der Waals surface area contributed by atoms with Crippen LogP contribution in [0.5, 0.6) is 5.75 Å². The van der Waals surface area contributed by atoms with Gasteiger partial charge in [-0.05, 0) is 43.4 Å². The molecule has 31 heavy (non-hydrogen) atoms. The predicted octanol–water partition coefficient (Wildman–Crippen LogP) is 1.96. The molecule has 9 heteroatoms. The second-order valence-electron chi connectivity index (χ2n) is 8.01. The number of piperazine rings is 1. The van der Waals surface area contributed by atoms with Gasteiger partial charge in [-0.15, -0.1) is 0 Å². The molecule has 0 aromatic heterocycles. The summed E-state index contributed by atoms with van der Waals surface area (Å²) in [5.74, 6) is 0.932. The molecular weight excluding hydrogens is 400 g/mol. The normalized spacial score (nSPS) is 21.2. The highest BCUT2D eigenvalue weighted by Gasteiger charge is 2.32. The van der Waals surface area contributed by atoms with Crippen molar-refractivity contribution in [2.24, 2.45) is 5.92 Å². The van der Waals surface area contributed by atoms with E-state index in [-0.39, 0.29) is 30.0 Å². The lowest BCUT2D eigenvalue weighted by Gasteiger charge is -2.37. The van der Waals surface area contributed by atoms with E-state index in [4.69, 9.17) is 9.47 Å². The van der Waals surface area contributed by atoms with Crippen LogP contribution in [0.1, 0.15) is 31.2 Å². The summed E-state index contributed by atoms with van der Waals surface area (Å²) in [6.45, 7) is 2.54. The number of methoxy groups -OCH3 is 2. The van der Waals surface area contributed by atoms with E-state index in [1.165, 1.54) is 7.11 Å². The summed E-state index contributed by atoms with van der Waals surface area (Å²) in [5.41, 5.74) is 0.998. The molecule has 0 bridgehead atoms. The minimum Gasteiger partial charge on any atom is -0.497 e. The van der Waals surface area contributed by atoms with E-state index in [2.05, 4.69) is 10.6 Å². The van der Waals surface area contributed by atoms with Gasteiger partial charge in [0.15, 0.2) is 0 Å². The number of urea groups is 1. The van der Waals surface area contributed by atoms with Crippen molar-refractivity contribution in [1.82, 2.24) is 20.4 Å². The van der Waals surface area contributed by atoms with Crippen LogP contribution in [0, 0.1) is 5.92 Å². The van der Waals surface area contributed by atoms with Gasteiger partial charge in [0.1, 0.15) is 5.75 Å². The number of benzene rings is 1. The molecule has 0 radical (unpaired) electrons. The van der Waals surface area contributed by atoms with Crippen molar-refractivity contribution in [3.05, 3.63) is 29.8 Å². The number of nitrogens with one attached hydrogen (secondary N) is 2. The maximum Gasteiger partial charge on any atom is 0.409 e. The van der Waals surface area contributed by atoms with Gasteiger partial charge in [0, 0.05) is 44.7 Å². The van der Waals surface area contributed by atoms with Crippen molar-refractivity contribution in [2.75, 3.05) is 40.4 Å². The standard InChI is InChI=1S/C22H32N4O5/c1-30-19-9-3-16(4-10-19)15-23-21(28)24-18-7-5-17(6-8-18)20(27)25-11-13-26(14-12-25)22(29)31-2/h3-4,9-10,17-18H,5-8,11-15H2,1-2H3,(H2,23,24,28). The number of hydrogen-bond donors (Lipinski definition) is 2. The molecule has 170 valence electrons. The van der Waals surface area contributed by atoms with Gasteiger partial charge in [-0.25, -0.2) is 9.59 Å². The summed E-state index contributed by atoms with van der Waals surface area (Å²) < 4.78 is 9.87. The third-order valence-corrected chi connectivity index (χ3v) is 6.05. The average molecular weight is 433 g/mol. The first-order valence-electron chi connectivity index (χ1n) is 10.8. The molecule has 1 aromatic rings. The molecule has 1 saturated heterocycles. The fourth-order valence-electron chi connectivity index (χ4n) is 4.14. The Kier molecular flexibility index (Phi) is 7.97. The first kappa shape index (κ1) is 22.7. The zero-order chi connectivity index (χ0) is 22.2. The molecule has 9 nitrogen and oxygen atoms in total. The first-order valence-corrected chi connectivity index (χ1v) is 10.8. The van der Waals surface area contributed by atoms with Gasteiger partial charge < -0.3 is 29.9 Å². The van der Waals surface area contributed by atoms with Gasteiger partial charge in [-0.3, -0.25) is 4.79 Å². The SMILES string of the molecule is COC(=O)N1CCN(C(=O)C2CCC(NC(=O)NCc3ccc(OC)cc3)CC2)CC1. The molecule has 0 atom stereocenters. The molecule has 1 aliphatic carbocycles. The highest BCUT2D eigenvalue weighted by Crippen LogP contribution is 2.26. The number of hydrogen-bond acceptors (Lipinski definition) is 5. The van der Waals surface area contributed by atoms with Gasteiger partial charge in [0.25, 0.3) is 0 Å². The molecule has 0 unspecified atom stereocenters. The van der Waals surface area contributed by atoms with E-state index < -0.39 is 0 Å². The molecule has 0 spiro atoms. The van der Waals surface area contributed by atoms with Crippen LogP contribution < -0.4 is 15.4 Å². The summed E-state index contributed by atoms with van der Waals surface area (Å²) in [5, 5.41) is 5.90.